The Labute approximate surface area is 143 Å². The van der Waals surface area contributed by atoms with E-state index in [0.717, 1.165) is 22.5 Å². The van der Waals surface area contributed by atoms with Crippen molar-refractivity contribution in [2.45, 2.75) is 24.8 Å². The van der Waals surface area contributed by atoms with E-state index in [9.17, 15) is 13.2 Å². The van der Waals surface area contributed by atoms with Crippen LogP contribution >= 0.6 is 11.3 Å². The third-order valence-corrected chi connectivity index (χ3v) is 5.90. The quantitative estimate of drug-likeness (QED) is 0.886. The SMILES string of the molecule is COC(=O)N1CCc2ccc(S(=O)(=O)Nc3nnc(C)s3)cc2C1. The number of amides is 1. The molecule has 24 heavy (non-hydrogen) atoms. The summed E-state index contributed by atoms with van der Waals surface area (Å²) in [5.41, 5.74) is 1.82. The van der Waals surface area contributed by atoms with E-state index in [1.807, 2.05) is 0 Å². The number of carbonyl (C=O) groups excluding carboxylic acids is 1. The fraction of sp³-hybridized carbons (Fsp3) is 0.357. The Morgan fingerprint density at radius 3 is 2.79 bits per heavy atom. The molecule has 0 fully saturated rings. The van der Waals surface area contributed by atoms with Gasteiger partial charge >= 0.3 is 6.09 Å². The molecule has 1 aromatic carbocycles. The molecule has 1 amide bonds. The van der Waals surface area contributed by atoms with Crippen LogP contribution in [0.25, 0.3) is 0 Å². The van der Waals surface area contributed by atoms with Gasteiger partial charge in [-0.1, -0.05) is 17.4 Å². The number of aryl methyl sites for hydroxylation is 1. The lowest BCUT2D eigenvalue weighted by Crippen LogP contribution is -2.35. The summed E-state index contributed by atoms with van der Waals surface area (Å²) in [5.74, 6) is 0. The maximum absolute atomic E-state index is 12.5. The second-order valence-corrected chi connectivity index (χ2v) is 8.17. The Morgan fingerprint density at radius 2 is 2.12 bits per heavy atom. The Hall–Kier alpha value is -2.20. The number of carbonyl (C=O) groups is 1. The van der Waals surface area contributed by atoms with Crippen LogP contribution < -0.4 is 4.72 Å². The lowest BCUT2D eigenvalue weighted by Gasteiger charge is -2.27. The van der Waals surface area contributed by atoms with Crippen LogP contribution in [-0.4, -0.2) is 43.3 Å². The summed E-state index contributed by atoms with van der Waals surface area (Å²) in [4.78, 5) is 13.3. The molecule has 0 unspecified atom stereocenters. The van der Waals surface area contributed by atoms with Gasteiger partial charge in [-0.15, -0.1) is 10.2 Å². The Balaban J connectivity index is 1.86. The van der Waals surface area contributed by atoms with E-state index in [0.29, 0.717) is 24.5 Å². The zero-order valence-electron chi connectivity index (χ0n) is 13.1. The van der Waals surface area contributed by atoms with Crippen LogP contribution in [-0.2, 0) is 27.7 Å². The smallest absolute Gasteiger partial charge is 0.409 e. The topological polar surface area (TPSA) is 101 Å². The first-order valence-electron chi connectivity index (χ1n) is 7.16. The number of nitrogens with one attached hydrogen (secondary N) is 1. The van der Waals surface area contributed by atoms with E-state index in [4.69, 9.17) is 4.74 Å². The lowest BCUT2D eigenvalue weighted by atomic mass is 10.0. The number of fused-ring (bicyclic) bond motifs is 1. The number of hydrogen-bond donors (Lipinski definition) is 1. The van der Waals surface area contributed by atoms with Crippen molar-refractivity contribution in [3.8, 4) is 0 Å². The molecule has 10 heteroatoms. The Bertz CT molecular complexity index is 879. The van der Waals surface area contributed by atoms with Crippen LogP contribution in [0.4, 0.5) is 9.93 Å². The zero-order valence-corrected chi connectivity index (χ0v) is 14.8. The van der Waals surface area contributed by atoms with Gasteiger partial charge in [-0.3, -0.25) is 4.72 Å². The largest absolute Gasteiger partial charge is 0.453 e. The number of rotatable bonds is 3. The summed E-state index contributed by atoms with van der Waals surface area (Å²) >= 11 is 1.16. The van der Waals surface area contributed by atoms with Crippen molar-refractivity contribution in [1.82, 2.24) is 15.1 Å². The zero-order chi connectivity index (χ0) is 17.3. The summed E-state index contributed by atoms with van der Waals surface area (Å²) in [6, 6.07) is 4.92. The monoisotopic (exact) mass is 368 g/mol. The maximum Gasteiger partial charge on any atom is 0.409 e. The summed E-state index contributed by atoms with van der Waals surface area (Å²) in [5, 5.41) is 8.45. The fourth-order valence-corrected chi connectivity index (χ4v) is 4.37. The number of methoxy groups -OCH3 is 1. The van der Waals surface area contributed by atoms with E-state index in [1.54, 1.807) is 30.0 Å². The number of sulfonamides is 1. The van der Waals surface area contributed by atoms with E-state index in [2.05, 4.69) is 14.9 Å². The number of ether oxygens (including phenoxy) is 1. The first-order valence-corrected chi connectivity index (χ1v) is 9.46. The van der Waals surface area contributed by atoms with Crippen molar-refractivity contribution in [3.63, 3.8) is 0 Å². The van der Waals surface area contributed by atoms with Crippen molar-refractivity contribution in [2.75, 3.05) is 18.4 Å². The van der Waals surface area contributed by atoms with Crippen LogP contribution in [0.1, 0.15) is 16.1 Å². The molecule has 1 aromatic heterocycles. The first kappa shape index (κ1) is 16.7. The minimum Gasteiger partial charge on any atom is -0.453 e. The van der Waals surface area contributed by atoms with Gasteiger partial charge in [-0.05, 0) is 36.6 Å². The first-order chi connectivity index (χ1) is 11.4. The molecule has 1 aliphatic rings. The van der Waals surface area contributed by atoms with Crippen LogP contribution in [0.3, 0.4) is 0 Å². The molecule has 3 rings (SSSR count). The molecular weight excluding hydrogens is 352 g/mol. The molecule has 0 aliphatic carbocycles. The average Bonchev–Trinajstić information content (AvgIpc) is 2.97. The van der Waals surface area contributed by atoms with Gasteiger partial charge in [0, 0.05) is 13.1 Å². The highest BCUT2D eigenvalue weighted by Gasteiger charge is 2.24. The van der Waals surface area contributed by atoms with Crippen molar-refractivity contribution in [2.24, 2.45) is 0 Å². The summed E-state index contributed by atoms with van der Waals surface area (Å²) in [6.07, 6.45) is 0.240. The number of hydrogen-bond acceptors (Lipinski definition) is 7. The predicted octanol–water partition coefficient (Wildman–Crippen LogP) is 1.77. The molecule has 2 heterocycles. The van der Waals surface area contributed by atoms with E-state index < -0.39 is 16.1 Å². The number of nitrogens with zero attached hydrogens (tertiary/aromatic N) is 3. The molecule has 0 saturated heterocycles. The van der Waals surface area contributed by atoms with Gasteiger partial charge in [0.15, 0.2) is 0 Å². The van der Waals surface area contributed by atoms with E-state index in [-0.39, 0.29) is 10.0 Å². The van der Waals surface area contributed by atoms with Gasteiger partial charge < -0.3 is 9.64 Å². The minimum absolute atomic E-state index is 0.126. The molecule has 0 saturated carbocycles. The molecule has 1 N–H and O–H groups in total. The molecular formula is C14H16N4O4S2. The normalized spacial score (nSPS) is 14.2. The second-order valence-electron chi connectivity index (χ2n) is 5.30. The molecule has 128 valence electrons. The number of aromatic nitrogens is 2. The van der Waals surface area contributed by atoms with E-state index >= 15 is 0 Å². The molecule has 0 radical (unpaired) electrons. The van der Waals surface area contributed by atoms with Crippen LogP contribution in [0.5, 0.6) is 0 Å². The van der Waals surface area contributed by atoms with Crippen LogP contribution in [0.2, 0.25) is 0 Å². The highest BCUT2D eigenvalue weighted by molar-refractivity contribution is 7.93. The number of benzene rings is 1. The average molecular weight is 368 g/mol. The molecule has 0 atom stereocenters. The van der Waals surface area contributed by atoms with Crippen molar-refractivity contribution >= 4 is 32.6 Å². The second kappa shape index (κ2) is 6.36. The summed E-state index contributed by atoms with van der Waals surface area (Å²) < 4.78 is 32.1. The van der Waals surface area contributed by atoms with Gasteiger partial charge in [0.1, 0.15) is 5.01 Å². The Morgan fingerprint density at radius 1 is 1.33 bits per heavy atom. The third-order valence-electron chi connectivity index (χ3n) is 3.68. The van der Waals surface area contributed by atoms with Crippen molar-refractivity contribution in [3.05, 3.63) is 34.3 Å². The molecule has 0 bridgehead atoms. The summed E-state index contributed by atoms with van der Waals surface area (Å²) in [7, 11) is -2.43. The number of anilines is 1. The summed E-state index contributed by atoms with van der Waals surface area (Å²) in [6.45, 7) is 2.62. The van der Waals surface area contributed by atoms with Gasteiger partial charge in [0.25, 0.3) is 10.0 Å². The lowest BCUT2D eigenvalue weighted by molar-refractivity contribution is 0.118. The minimum atomic E-state index is -3.75. The van der Waals surface area contributed by atoms with Crippen LogP contribution in [0, 0.1) is 6.92 Å². The highest BCUT2D eigenvalue weighted by atomic mass is 32.2. The standard InChI is InChI=1S/C14H16N4O4S2/c1-9-15-16-13(23-9)17-24(20,21)12-4-3-10-5-6-18(14(19)22-2)8-11(10)7-12/h3-4,7H,5-6,8H2,1-2H3,(H,16,17). The van der Waals surface area contributed by atoms with Gasteiger partial charge in [-0.2, -0.15) is 0 Å². The molecule has 2 aromatic rings. The van der Waals surface area contributed by atoms with Crippen molar-refractivity contribution < 1.29 is 17.9 Å². The van der Waals surface area contributed by atoms with Gasteiger partial charge in [0.2, 0.25) is 5.13 Å². The maximum atomic E-state index is 12.5. The van der Waals surface area contributed by atoms with Crippen molar-refractivity contribution in [1.29, 1.82) is 0 Å². The molecule has 8 nitrogen and oxygen atoms in total. The third kappa shape index (κ3) is 3.34. The highest BCUT2D eigenvalue weighted by Crippen LogP contribution is 2.25. The van der Waals surface area contributed by atoms with E-state index in [1.165, 1.54) is 7.11 Å². The molecule has 1 aliphatic heterocycles. The predicted molar refractivity (Wildman–Crippen MR) is 88.4 cm³/mol. The fourth-order valence-electron chi connectivity index (χ4n) is 2.50. The van der Waals surface area contributed by atoms with Gasteiger partial charge in [0.05, 0.1) is 12.0 Å². The molecule has 0 spiro atoms. The Kier molecular flexibility index (Phi) is 4.41. The van der Waals surface area contributed by atoms with Gasteiger partial charge in [-0.25, -0.2) is 13.2 Å². The van der Waals surface area contributed by atoms with Crippen LogP contribution in [0.15, 0.2) is 23.1 Å².